The third kappa shape index (κ3) is 2.94. The highest BCUT2D eigenvalue weighted by atomic mass is 13.9. The Balaban J connectivity index is 2.98. The predicted octanol–water partition coefficient (Wildman–Crippen LogP) is 3.09. The molecule has 0 aliphatic heterocycles. The first kappa shape index (κ1) is 11.4. The summed E-state index contributed by atoms with van der Waals surface area (Å²) in [5.74, 6) is 0. The van der Waals surface area contributed by atoms with Gasteiger partial charge >= 0.3 is 0 Å². The molecule has 2 rings (SSSR count). The van der Waals surface area contributed by atoms with Gasteiger partial charge in [0.15, 0.2) is 0 Å². The number of benzene rings is 1. The lowest BCUT2D eigenvalue weighted by Crippen LogP contribution is -1.94. The van der Waals surface area contributed by atoms with Crippen molar-refractivity contribution >= 4 is 23.9 Å². The molecule has 0 nitrogen and oxygen atoms in total. The maximum absolute atomic E-state index is 4.02. The van der Waals surface area contributed by atoms with Crippen LogP contribution in [-0.2, 0) is 0 Å². The number of hydrogen-bond acceptors (Lipinski definition) is 0. The standard InChI is InChI=1S/C17H16/c1-13-6-4-5-7-14(2)11-17-12-15(3)8-9-16(17)10-13/h4-12H,1-2H2,3H3. The monoisotopic (exact) mass is 220 g/mol. The molecule has 0 N–H and O–H groups in total. The van der Waals surface area contributed by atoms with Crippen LogP contribution in [0.5, 0.6) is 0 Å². The zero-order valence-corrected chi connectivity index (χ0v) is 10.1. The fourth-order valence-electron chi connectivity index (χ4n) is 1.80. The molecule has 0 atom stereocenters. The third-order valence-corrected chi connectivity index (χ3v) is 2.66. The van der Waals surface area contributed by atoms with Crippen molar-refractivity contribution < 1.29 is 0 Å². The van der Waals surface area contributed by atoms with E-state index in [4.69, 9.17) is 0 Å². The average molecular weight is 220 g/mol. The predicted molar refractivity (Wildman–Crippen MR) is 76.6 cm³/mol. The number of aryl methyl sites for hydroxylation is 1. The molecule has 17 heavy (non-hydrogen) atoms. The van der Waals surface area contributed by atoms with E-state index < -0.39 is 0 Å². The Labute approximate surface area is 102 Å². The van der Waals surface area contributed by atoms with E-state index in [2.05, 4.69) is 50.4 Å². The van der Waals surface area contributed by atoms with Crippen molar-refractivity contribution in [3.63, 3.8) is 0 Å². The molecule has 0 aliphatic rings. The highest BCUT2D eigenvalue weighted by Gasteiger charge is 1.89. The molecule has 0 radical (unpaired) electrons. The van der Waals surface area contributed by atoms with Crippen molar-refractivity contribution in [2.45, 2.75) is 6.92 Å². The van der Waals surface area contributed by atoms with Gasteiger partial charge in [-0.1, -0.05) is 61.2 Å². The molecule has 0 aliphatic carbocycles. The van der Waals surface area contributed by atoms with Crippen molar-refractivity contribution in [3.8, 4) is 0 Å². The van der Waals surface area contributed by atoms with E-state index in [1.165, 1.54) is 16.3 Å². The van der Waals surface area contributed by atoms with Crippen molar-refractivity contribution in [1.29, 1.82) is 0 Å². The van der Waals surface area contributed by atoms with Crippen LogP contribution >= 0.6 is 0 Å². The highest BCUT2D eigenvalue weighted by molar-refractivity contribution is 5.82. The van der Waals surface area contributed by atoms with Crippen LogP contribution < -0.4 is 10.4 Å². The van der Waals surface area contributed by atoms with Gasteiger partial charge < -0.3 is 0 Å². The van der Waals surface area contributed by atoms with Crippen LogP contribution in [0, 0.1) is 6.92 Å². The van der Waals surface area contributed by atoms with Crippen molar-refractivity contribution in [2.75, 3.05) is 0 Å². The fourth-order valence-corrected chi connectivity index (χ4v) is 1.80. The first-order valence-corrected chi connectivity index (χ1v) is 5.68. The number of rotatable bonds is 0. The Kier molecular flexibility index (Phi) is 3.24. The first-order chi connectivity index (χ1) is 8.15. The van der Waals surface area contributed by atoms with Gasteiger partial charge in [0.05, 0.1) is 0 Å². The van der Waals surface area contributed by atoms with Crippen LogP contribution in [0.15, 0.2) is 54.6 Å². The van der Waals surface area contributed by atoms with Crippen LogP contribution in [0.2, 0.25) is 0 Å². The molecule has 0 heterocycles. The average Bonchev–Trinajstić information content (AvgIpc) is 2.28. The smallest absolute Gasteiger partial charge is 0.0175 e. The van der Waals surface area contributed by atoms with Crippen LogP contribution in [0.25, 0.3) is 23.9 Å². The summed E-state index contributed by atoms with van der Waals surface area (Å²) in [5.41, 5.74) is 1.25. The minimum atomic E-state index is 1.00. The van der Waals surface area contributed by atoms with Crippen LogP contribution in [0.4, 0.5) is 0 Å². The van der Waals surface area contributed by atoms with Gasteiger partial charge in [-0.05, 0) is 40.3 Å². The van der Waals surface area contributed by atoms with Gasteiger partial charge in [-0.3, -0.25) is 0 Å². The molecule has 0 aromatic heterocycles. The second-order valence-corrected chi connectivity index (χ2v) is 4.29. The summed E-state index contributed by atoms with van der Waals surface area (Å²) in [7, 11) is 0. The van der Waals surface area contributed by atoms with E-state index in [-0.39, 0.29) is 0 Å². The van der Waals surface area contributed by atoms with Gasteiger partial charge in [0.2, 0.25) is 0 Å². The lowest BCUT2D eigenvalue weighted by Gasteiger charge is -1.96. The summed E-state index contributed by atoms with van der Waals surface area (Å²) in [6.45, 7) is 10.1. The van der Waals surface area contributed by atoms with Gasteiger partial charge in [-0.25, -0.2) is 0 Å². The van der Waals surface area contributed by atoms with E-state index in [1.54, 1.807) is 0 Å². The highest BCUT2D eigenvalue weighted by Crippen LogP contribution is 2.10. The molecule has 2 aromatic rings. The minimum Gasteiger partial charge on any atom is -0.0917 e. The second kappa shape index (κ2) is 4.84. The zero-order valence-electron chi connectivity index (χ0n) is 10.1. The molecule has 0 spiro atoms. The summed E-state index contributed by atoms with van der Waals surface area (Å²) in [4.78, 5) is 0. The normalized spacial score (nSPS) is 9.94. The van der Waals surface area contributed by atoms with E-state index in [0.29, 0.717) is 0 Å². The SMILES string of the molecule is C=c1ccccc(=C)cc2cc(C)ccc2c1. The molecule has 0 bridgehead atoms. The molecule has 0 heteroatoms. The van der Waals surface area contributed by atoms with Crippen LogP contribution in [-0.4, -0.2) is 0 Å². The molecular formula is C17H16. The van der Waals surface area contributed by atoms with E-state index in [9.17, 15) is 0 Å². The van der Waals surface area contributed by atoms with Crippen molar-refractivity contribution in [2.24, 2.45) is 0 Å². The Morgan fingerprint density at radius 1 is 0.706 bits per heavy atom. The third-order valence-electron chi connectivity index (χ3n) is 2.66. The van der Waals surface area contributed by atoms with E-state index in [1.807, 2.05) is 24.3 Å². The van der Waals surface area contributed by atoms with Crippen molar-refractivity contribution in [1.82, 2.24) is 0 Å². The summed E-state index contributed by atoms with van der Waals surface area (Å²) in [5, 5.41) is 4.38. The quantitative estimate of drug-likeness (QED) is 0.640. The Hall–Kier alpha value is -2.08. The summed E-state index contributed by atoms with van der Waals surface area (Å²) in [6, 6.07) is 18.6. The number of hydrogen-bond donors (Lipinski definition) is 0. The van der Waals surface area contributed by atoms with Crippen LogP contribution in [0.3, 0.4) is 0 Å². The molecule has 0 saturated heterocycles. The maximum Gasteiger partial charge on any atom is -0.0175 e. The molecule has 0 unspecified atom stereocenters. The van der Waals surface area contributed by atoms with E-state index in [0.717, 1.165) is 10.4 Å². The topological polar surface area (TPSA) is 0 Å². The second-order valence-electron chi connectivity index (χ2n) is 4.29. The number of fused-ring (bicyclic) bond motifs is 1. The van der Waals surface area contributed by atoms with Gasteiger partial charge in [-0.2, -0.15) is 0 Å². The largest absolute Gasteiger partial charge is 0.0917 e. The lowest BCUT2D eigenvalue weighted by molar-refractivity contribution is 1.50. The first-order valence-electron chi connectivity index (χ1n) is 5.68. The molecule has 84 valence electrons. The maximum atomic E-state index is 4.02. The Morgan fingerprint density at radius 3 is 1.94 bits per heavy atom. The van der Waals surface area contributed by atoms with Gasteiger partial charge in [0, 0.05) is 0 Å². The summed E-state index contributed by atoms with van der Waals surface area (Å²) < 4.78 is 0. The van der Waals surface area contributed by atoms with Gasteiger partial charge in [0.1, 0.15) is 0 Å². The van der Waals surface area contributed by atoms with E-state index >= 15 is 0 Å². The minimum absolute atomic E-state index is 1.00. The molecular weight excluding hydrogens is 204 g/mol. The summed E-state index contributed by atoms with van der Waals surface area (Å²) in [6.07, 6.45) is 0. The van der Waals surface area contributed by atoms with Crippen LogP contribution in [0.1, 0.15) is 5.56 Å². The Morgan fingerprint density at radius 2 is 1.29 bits per heavy atom. The molecule has 2 aromatic carbocycles. The molecule has 0 amide bonds. The Bertz CT molecular complexity index is 695. The zero-order chi connectivity index (χ0) is 12.3. The van der Waals surface area contributed by atoms with Gasteiger partial charge in [-0.15, -0.1) is 0 Å². The molecule has 0 saturated carbocycles. The molecule has 0 fully saturated rings. The lowest BCUT2D eigenvalue weighted by atomic mass is 10.1. The van der Waals surface area contributed by atoms with Crippen molar-refractivity contribution in [3.05, 3.63) is 70.6 Å². The van der Waals surface area contributed by atoms with Gasteiger partial charge in [0.25, 0.3) is 0 Å². The summed E-state index contributed by atoms with van der Waals surface area (Å²) >= 11 is 0. The fraction of sp³-hybridized carbons (Fsp3) is 0.0588.